The minimum atomic E-state index is -0.557. The number of ether oxygens (including phenoxy) is 2. The highest BCUT2D eigenvalue weighted by Crippen LogP contribution is 2.39. The Morgan fingerprint density at radius 3 is 2.73 bits per heavy atom. The van der Waals surface area contributed by atoms with Crippen LogP contribution in [-0.4, -0.2) is 12.3 Å². The van der Waals surface area contributed by atoms with Gasteiger partial charge in [-0.15, -0.1) is 0 Å². The molecular weight excluding hydrogens is 190 g/mol. The Balaban J connectivity index is 2.26. The van der Waals surface area contributed by atoms with Gasteiger partial charge in [0, 0.05) is 20.4 Å². The van der Waals surface area contributed by atoms with E-state index in [0.29, 0.717) is 6.54 Å². The summed E-state index contributed by atoms with van der Waals surface area (Å²) in [5.74, 6) is 1.03. The van der Waals surface area contributed by atoms with Crippen molar-refractivity contribution in [2.75, 3.05) is 6.54 Å². The highest BCUT2D eigenvalue weighted by molar-refractivity contribution is 5.56. The molecule has 80 valence electrons. The van der Waals surface area contributed by atoms with Gasteiger partial charge in [-0.1, -0.05) is 18.2 Å². The van der Waals surface area contributed by atoms with Crippen molar-refractivity contribution < 1.29 is 9.47 Å². The van der Waals surface area contributed by atoms with Gasteiger partial charge in [0.05, 0.1) is 0 Å². The van der Waals surface area contributed by atoms with Gasteiger partial charge in [-0.2, -0.15) is 0 Å². The zero-order valence-electron chi connectivity index (χ0n) is 8.99. The predicted octanol–water partition coefficient (Wildman–Crippen LogP) is 2.17. The van der Waals surface area contributed by atoms with Gasteiger partial charge in [0.15, 0.2) is 11.5 Å². The van der Waals surface area contributed by atoms with E-state index in [0.717, 1.165) is 17.1 Å². The second-order valence-electron chi connectivity index (χ2n) is 3.95. The number of nitrogens with two attached hydrogens (primary N) is 1. The number of fused-ring (bicyclic) bond motifs is 1. The summed E-state index contributed by atoms with van der Waals surface area (Å²) in [6, 6.07) is 5.85. The molecule has 1 aliphatic rings. The quantitative estimate of drug-likeness (QED) is 0.804. The van der Waals surface area contributed by atoms with Crippen LogP contribution in [0.25, 0.3) is 6.08 Å². The lowest BCUT2D eigenvalue weighted by molar-refractivity contribution is -0.0431. The molecule has 1 aromatic carbocycles. The summed E-state index contributed by atoms with van der Waals surface area (Å²) in [4.78, 5) is 0. The summed E-state index contributed by atoms with van der Waals surface area (Å²) >= 11 is 0. The molecule has 0 atom stereocenters. The maximum Gasteiger partial charge on any atom is 0.246 e. The first-order valence-corrected chi connectivity index (χ1v) is 4.99. The first-order chi connectivity index (χ1) is 7.11. The molecule has 3 heteroatoms. The van der Waals surface area contributed by atoms with Crippen LogP contribution in [0.15, 0.2) is 24.3 Å². The molecule has 0 unspecified atom stereocenters. The molecule has 1 aliphatic heterocycles. The summed E-state index contributed by atoms with van der Waals surface area (Å²) in [6.45, 7) is 4.32. The second-order valence-corrected chi connectivity index (χ2v) is 3.95. The van der Waals surface area contributed by atoms with Crippen LogP contribution >= 0.6 is 0 Å². The fourth-order valence-electron chi connectivity index (χ4n) is 1.55. The van der Waals surface area contributed by atoms with Gasteiger partial charge in [0.2, 0.25) is 5.79 Å². The van der Waals surface area contributed by atoms with Crippen molar-refractivity contribution >= 4 is 6.08 Å². The maximum atomic E-state index is 5.63. The maximum absolute atomic E-state index is 5.63. The third-order valence-corrected chi connectivity index (χ3v) is 2.13. The van der Waals surface area contributed by atoms with Crippen molar-refractivity contribution in [2.45, 2.75) is 19.6 Å². The van der Waals surface area contributed by atoms with Gasteiger partial charge < -0.3 is 15.2 Å². The molecule has 0 aromatic heterocycles. The third kappa shape index (κ3) is 2.13. The van der Waals surface area contributed by atoms with Gasteiger partial charge in [-0.25, -0.2) is 0 Å². The van der Waals surface area contributed by atoms with Gasteiger partial charge in [0.1, 0.15) is 0 Å². The molecule has 1 aromatic rings. The van der Waals surface area contributed by atoms with Crippen LogP contribution < -0.4 is 15.2 Å². The average molecular weight is 205 g/mol. The molecule has 2 rings (SSSR count). The molecular formula is C12H15NO2. The van der Waals surface area contributed by atoms with E-state index in [9.17, 15) is 0 Å². The Morgan fingerprint density at radius 1 is 1.27 bits per heavy atom. The van der Waals surface area contributed by atoms with E-state index in [1.54, 1.807) is 0 Å². The van der Waals surface area contributed by atoms with Gasteiger partial charge in [0.25, 0.3) is 0 Å². The fourth-order valence-corrected chi connectivity index (χ4v) is 1.55. The second kappa shape index (κ2) is 3.59. The molecule has 1 heterocycles. The topological polar surface area (TPSA) is 44.5 Å². The van der Waals surface area contributed by atoms with E-state index < -0.39 is 5.79 Å². The number of benzene rings is 1. The lowest BCUT2D eigenvalue weighted by atomic mass is 10.2. The first-order valence-electron chi connectivity index (χ1n) is 4.99. The summed E-state index contributed by atoms with van der Waals surface area (Å²) in [7, 11) is 0. The Morgan fingerprint density at radius 2 is 2.00 bits per heavy atom. The van der Waals surface area contributed by atoms with E-state index >= 15 is 0 Å². The van der Waals surface area contributed by atoms with Crippen molar-refractivity contribution in [3.63, 3.8) is 0 Å². The summed E-state index contributed by atoms with van der Waals surface area (Å²) in [5, 5.41) is 0. The molecule has 0 bridgehead atoms. The smallest absolute Gasteiger partial charge is 0.246 e. The summed E-state index contributed by atoms with van der Waals surface area (Å²) in [5.41, 5.74) is 6.46. The van der Waals surface area contributed by atoms with Crippen LogP contribution in [-0.2, 0) is 0 Å². The standard InChI is InChI=1S/C12H15NO2/c1-12(2)14-10-6-5-9(4-3-7-13)8-11(10)15-12/h3-6,8H,7,13H2,1-2H3/b4-3+. The fraction of sp³-hybridized carbons (Fsp3) is 0.333. The SMILES string of the molecule is CC1(C)Oc2ccc(/C=C/CN)cc2O1. The van der Waals surface area contributed by atoms with Crippen molar-refractivity contribution in [3.8, 4) is 11.5 Å². The molecule has 0 aliphatic carbocycles. The van der Waals surface area contributed by atoms with E-state index in [-0.39, 0.29) is 0 Å². The van der Waals surface area contributed by atoms with Crippen molar-refractivity contribution in [1.82, 2.24) is 0 Å². The van der Waals surface area contributed by atoms with Crippen molar-refractivity contribution in [2.24, 2.45) is 5.73 Å². The predicted molar refractivity (Wildman–Crippen MR) is 59.9 cm³/mol. The molecule has 0 saturated heterocycles. The van der Waals surface area contributed by atoms with Crippen LogP contribution in [0.2, 0.25) is 0 Å². The Hall–Kier alpha value is -1.48. The molecule has 15 heavy (non-hydrogen) atoms. The minimum absolute atomic E-state index is 0.542. The highest BCUT2D eigenvalue weighted by Gasteiger charge is 2.31. The van der Waals surface area contributed by atoms with Gasteiger partial charge in [-0.05, 0) is 17.7 Å². The number of hydrogen-bond donors (Lipinski definition) is 1. The van der Waals surface area contributed by atoms with E-state index in [2.05, 4.69) is 0 Å². The molecule has 0 saturated carbocycles. The molecule has 3 nitrogen and oxygen atoms in total. The highest BCUT2D eigenvalue weighted by atomic mass is 16.7. The number of hydrogen-bond acceptors (Lipinski definition) is 3. The van der Waals surface area contributed by atoms with Crippen LogP contribution in [0.1, 0.15) is 19.4 Å². The van der Waals surface area contributed by atoms with Crippen molar-refractivity contribution in [1.29, 1.82) is 0 Å². The molecule has 0 fully saturated rings. The van der Waals surface area contributed by atoms with Crippen LogP contribution in [0.4, 0.5) is 0 Å². The average Bonchev–Trinajstić information content (AvgIpc) is 2.47. The normalized spacial score (nSPS) is 17.3. The molecule has 0 amide bonds. The Labute approximate surface area is 89.5 Å². The zero-order chi connectivity index (χ0) is 10.9. The monoisotopic (exact) mass is 205 g/mol. The van der Waals surface area contributed by atoms with Crippen LogP contribution in [0.3, 0.4) is 0 Å². The zero-order valence-corrected chi connectivity index (χ0v) is 8.99. The van der Waals surface area contributed by atoms with E-state index in [4.69, 9.17) is 15.2 Å². The lowest BCUT2D eigenvalue weighted by Crippen LogP contribution is -2.29. The third-order valence-electron chi connectivity index (χ3n) is 2.13. The molecule has 0 spiro atoms. The van der Waals surface area contributed by atoms with Gasteiger partial charge in [-0.3, -0.25) is 0 Å². The molecule has 2 N–H and O–H groups in total. The Bertz CT molecular complexity index is 397. The first kappa shape index (κ1) is 10.1. The largest absolute Gasteiger partial charge is 0.449 e. The lowest BCUT2D eigenvalue weighted by Gasteiger charge is -2.16. The minimum Gasteiger partial charge on any atom is -0.449 e. The Kier molecular flexibility index (Phi) is 2.40. The number of rotatable bonds is 2. The van der Waals surface area contributed by atoms with Gasteiger partial charge >= 0.3 is 0 Å². The summed E-state index contributed by atoms with van der Waals surface area (Å²) < 4.78 is 11.2. The molecule has 0 radical (unpaired) electrons. The van der Waals surface area contributed by atoms with Crippen LogP contribution in [0, 0.1) is 0 Å². The summed E-state index contributed by atoms with van der Waals surface area (Å²) in [6.07, 6.45) is 3.87. The van der Waals surface area contributed by atoms with Crippen molar-refractivity contribution in [3.05, 3.63) is 29.8 Å². The van der Waals surface area contributed by atoms with E-state index in [1.807, 2.05) is 44.2 Å². The van der Waals surface area contributed by atoms with E-state index in [1.165, 1.54) is 0 Å². The van der Waals surface area contributed by atoms with Crippen LogP contribution in [0.5, 0.6) is 11.5 Å².